The number of ketones is 2. The first-order chi connectivity index (χ1) is 19.7. The van der Waals surface area contributed by atoms with Crippen LogP contribution in [0.15, 0.2) is 41.5 Å². The van der Waals surface area contributed by atoms with Crippen molar-refractivity contribution in [3.05, 3.63) is 47.1 Å². The van der Waals surface area contributed by atoms with Crippen molar-refractivity contribution in [2.24, 2.45) is 50.7 Å². The van der Waals surface area contributed by atoms with Gasteiger partial charge in [0.15, 0.2) is 5.78 Å². The average molecular weight is 571 g/mol. The highest BCUT2D eigenvalue weighted by Gasteiger charge is 2.70. The summed E-state index contributed by atoms with van der Waals surface area (Å²) in [4.78, 5) is 37.7. The largest absolute Gasteiger partial charge is 0.429 e. The molecule has 4 nitrogen and oxygen atoms in total. The molecule has 0 aromatic heterocycles. The van der Waals surface area contributed by atoms with Crippen molar-refractivity contribution in [2.45, 2.75) is 107 Å². The molecule has 0 amide bonds. The van der Waals surface area contributed by atoms with Crippen molar-refractivity contribution in [3.63, 3.8) is 0 Å². The van der Waals surface area contributed by atoms with Crippen molar-refractivity contribution in [1.29, 1.82) is 0 Å². The Morgan fingerprint density at radius 3 is 2.24 bits per heavy atom. The fourth-order valence-corrected chi connectivity index (χ4v) is 11.9. The molecule has 3 fully saturated rings. The first-order valence-corrected chi connectivity index (χ1v) is 16.4. The van der Waals surface area contributed by atoms with Gasteiger partial charge in [0, 0.05) is 6.42 Å². The van der Waals surface area contributed by atoms with Crippen LogP contribution in [0, 0.1) is 50.7 Å². The second-order valence-electron chi connectivity index (χ2n) is 16.1. The minimum absolute atomic E-state index is 0.0146. The fourth-order valence-electron chi connectivity index (χ4n) is 11.9. The highest BCUT2D eigenvalue weighted by Crippen LogP contribution is 2.77. The zero-order valence-corrected chi connectivity index (χ0v) is 27.1. The van der Waals surface area contributed by atoms with Gasteiger partial charge in [-0.3, -0.25) is 14.4 Å². The van der Waals surface area contributed by atoms with Gasteiger partial charge in [-0.1, -0.05) is 66.7 Å². The van der Waals surface area contributed by atoms with E-state index in [1.165, 1.54) is 29.6 Å². The summed E-state index contributed by atoms with van der Waals surface area (Å²) in [5, 5.41) is 0. The number of allylic oxidation sites excluding steroid dienone is 4. The lowest BCUT2D eigenvalue weighted by atomic mass is 9.33. The van der Waals surface area contributed by atoms with Crippen molar-refractivity contribution in [2.75, 3.05) is 0 Å². The highest BCUT2D eigenvalue weighted by molar-refractivity contribution is 6.06. The monoisotopic (exact) mass is 570 g/mol. The molecule has 0 heterocycles. The molecule has 226 valence electrons. The van der Waals surface area contributed by atoms with Gasteiger partial charge in [-0.15, -0.1) is 0 Å². The van der Waals surface area contributed by atoms with E-state index < -0.39 is 5.41 Å². The molecule has 0 aliphatic heterocycles. The Labute approximate surface area is 252 Å². The molecule has 0 spiro atoms. The summed E-state index contributed by atoms with van der Waals surface area (Å²) in [6.07, 6.45) is 10.5. The molecule has 5 aliphatic carbocycles. The van der Waals surface area contributed by atoms with E-state index in [9.17, 15) is 14.4 Å². The lowest BCUT2D eigenvalue weighted by Gasteiger charge is -2.71. The van der Waals surface area contributed by atoms with Crippen molar-refractivity contribution in [3.8, 4) is 5.75 Å². The van der Waals surface area contributed by atoms with E-state index in [1.807, 2.05) is 12.1 Å². The molecule has 0 bridgehead atoms. The van der Waals surface area contributed by atoms with Gasteiger partial charge in [0.05, 0.1) is 5.41 Å². The van der Waals surface area contributed by atoms with Crippen LogP contribution in [0.4, 0.5) is 0 Å². The molecule has 4 heteroatoms. The van der Waals surface area contributed by atoms with E-state index in [4.69, 9.17) is 4.74 Å². The van der Waals surface area contributed by atoms with Crippen LogP contribution < -0.4 is 4.74 Å². The van der Waals surface area contributed by atoms with Crippen LogP contribution in [0.1, 0.15) is 112 Å². The quantitative estimate of drug-likeness (QED) is 0.332. The van der Waals surface area contributed by atoms with Gasteiger partial charge in [-0.05, 0) is 132 Å². The second kappa shape index (κ2) is 9.50. The predicted molar refractivity (Wildman–Crippen MR) is 167 cm³/mol. The highest BCUT2D eigenvalue weighted by atomic mass is 16.5. The molecule has 0 N–H and O–H groups in total. The molecule has 1 aromatic carbocycles. The van der Waals surface area contributed by atoms with Gasteiger partial charge in [0.1, 0.15) is 11.5 Å². The van der Waals surface area contributed by atoms with E-state index >= 15 is 0 Å². The van der Waals surface area contributed by atoms with Crippen molar-refractivity contribution >= 4 is 23.6 Å². The number of benzene rings is 1. The average Bonchev–Trinajstić information content (AvgIpc) is 3.23. The Bertz CT molecular complexity index is 1390. The zero-order chi connectivity index (χ0) is 30.5. The SMILES string of the molecule is CC(=O)[C@@]12CC[C@]3(C)[C@H](CC[C@@H]4[C@@]5(C)CC=C(c6ccc(OC=O)cc6)C(C)(C)[C@@H]5CC[C@]43C)C1=C(C(C)C)C(=O)C2. The smallest absolute Gasteiger partial charge is 0.298 e. The second-order valence-corrected chi connectivity index (χ2v) is 16.1. The topological polar surface area (TPSA) is 60.4 Å². The molecule has 3 saturated carbocycles. The molecule has 7 atom stereocenters. The van der Waals surface area contributed by atoms with E-state index in [-0.39, 0.29) is 39.1 Å². The van der Waals surface area contributed by atoms with E-state index in [0.29, 0.717) is 36.4 Å². The van der Waals surface area contributed by atoms with Gasteiger partial charge in [0.25, 0.3) is 6.47 Å². The van der Waals surface area contributed by atoms with E-state index in [0.717, 1.165) is 37.7 Å². The van der Waals surface area contributed by atoms with Crippen LogP contribution in [0.3, 0.4) is 0 Å². The minimum atomic E-state index is -0.554. The van der Waals surface area contributed by atoms with Crippen LogP contribution in [-0.4, -0.2) is 18.0 Å². The van der Waals surface area contributed by atoms with Crippen LogP contribution in [-0.2, 0) is 14.4 Å². The summed E-state index contributed by atoms with van der Waals surface area (Å²) in [6, 6.07) is 7.99. The Morgan fingerprint density at radius 2 is 1.62 bits per heavy atom. The maximum Gasteiger partial charge on any atom is 0.298 e. The molecule has 0 radical (unpaired) electrons. The Kier molecular flexibility index (Phi) is 6.69. The standard InChI is InChI=1S/C38H50O4/c1-23(2)32-29(41)21-38(24(3)40)20-19-36(7)28(33(32)38)13-14-31-35(6)17-15-27(25-9-11-26(12-10-25)42-22-39)34(4,5)30(35)16-18-37(31,36)8/h9-12,15,22-23,28,30-31H,13-14,16-21H2,1-8H3/t28-,30+,31-,35+,36-,37-,38+/m1/s1. The molecule has 6 rings (SSSR count). The molecule has 0 saturated heterocycles. The van der Waals surface area contributed by atoms with Crippen LogP contribution >= 0.6 is 0 Å². The molecular formula is C38H50O4. The summed E-state index contributed by atoms with van der Waals surface area (Å²) in [7, 11) is 0. The molecule has 1 aromatic rings. The van der Waals surface area contributed by atoms with E-state index in [2.05, 4.69) is 66.7 Å². The fraction of sp³-hybridized carbons (Fsp3) is 0.658. The lowest BCUT2D eigenvalue weighted by Crippen LogP contribution is -2.64. The third-order valence-electron chi connectivity index (χ3n) is 14.0. The first kappa shape index (κ1) is 29.6. The Morgan fingerprint density at radius 1 is 0.929 bits per heavy atom. The maximum atomic E-state index is 13.5. The third kappa shape index (κ3) is 3.68. The Hall–Kier alpha value is -2.49. The Balaban J connectivity index is 1.40. The van der Waals surface area contributed by atoms with Crippen molar-refractivity contribution in [1.82, 2.24) is 0 Å². The number of hydrogen-bond donors (Lipinski definition) is 0. The predicted octanol–water partition coefficient (Wildman–Crippen LogP) is 8.78. The van der Waals surface area contributed by atoms with Crippen LogP contribution in [0.5, 0.6) is 5.75 Å². The van der Waals surface area contributed by atoms with Gasteiger partial charge >= 0.3 is 0 Å². The number of ether oxygens (including phenoxy) is 1. The molecular weight excluding hydrogens is 520 g/mol. The normalized spacial score (nSPS) is 40.5. The van der Waals surface area contributed by atoms with Gasteiger partial charge in [-0.25, -0.2) is 0 Å². The third-order valence-corrected chi connectivity index (χ3v) is 14.0. The number of hydrogen-bond acceptors (Lipinski definition) is 4. The lowest BCUT2D eigenvalue weighted by molar-refractivity contribution is -0.196. The molecule has 5 aliphatic rings. The number of carbonyl (C=O) groups is 3. The number of carbonyl (C=O) groups excluding carboxylic acids is 3. The summed E-state index contributed by atoms with van der Waals surface area (Å²) in [5.41, 5.74) is 4.77. The summed E-state index contributed by atoms with van der Waals surface area (Å²) < 4.78 is 5.06. The van der Waals surface area contributed by atoms with Gasteiger partial charge in [-0.2, -0.15) is 0 Å². The summed E-state index contributed by atoms with van der Waals surface area (Å²) >= 11 is 0. The van der Waals surface area contributed by atoms with Gasteiger partial charge in [0.2, 0.25) is 0 Å². The van der Waals surface area contributed by atoms with Crippen LogP contribution in [0.2, 0.25) is 0 Å². The zero-order valence-electron chi connectivity index (χ0n) is 27.1. The number of fused-ring (bicyclic) bond motifs is 7. The molecule has 0 unspecified atom stereocenters. The van der Waals surface area contributed by atoms with Crippen LogP contribution in [0.25, 0.3) is 5.57 Å². The summed E-state index contributed by atoms with van der Waals surface area (Å²) in [6.45, 7) is 19.1. The van der Waals surface area contributed by atoms with Gasteiger partial charge < -0.3 is 4.74 Å². The number of rotatable bonds is 5. The molecule has 42 heavy (non-hydrogen) atoms. The first-order valence-electron chi connectivity index (χ1n) is 16.4. The van der Waals surface area contributed by atoms with Crippen molar-refractivity contribution < 1.29 is 19.1 Å². The summed E-state index contributed by atoms with van der Waals surface area (Å²) in [5.74, 6) is 2.66. The maximum absolute atomic E-state index is 13.5. The minimum Gasteiger partial charge on any atom is -0.429 e. The number of Topliss-reactive ketones (excluding diaryl/α,β-unsaturated/α-hetero) is 2. The van der Waals surface area contributed by atoms with E-state index in [1.54, 1.807) is 6.92 Å².